The molecule has 19 heavy (non-hydrogen) atoms. The predicted octanol–water partition coefficient (Wildman–Crippen LogP) is 3.42. The maximum Gasteiger partial charge on any atom is 0.144 e. The Kier molecular flexibility index (Phi) is 5.11. The van der Waals surface area contributed by atoms with E-state index in [9.17, 15) is 0 Å². The van der Waals surface area contributed by atoms with Crippen LogP contribution in [0, 0.1) is 4.64 Å². The third kappa shape index (κ3) is 3.42. The number of hydrogen-bond acceptors (Lipinski definition) is 4. The highest BCUT2D eigenvalue weighted by Gasteiger charge is 2.24. The summed E-state index contributed by atoms with van der Waals surface area (Å²) in [6.45, 7) is 10.1. The molecule has 1 atom stereocenters. The summed E-state index contributed by atoms with van der Waals surface area (Å²) in [7, 11) is 0. The van der Waals surface area contributed by atoms with Crippen molar-refractivity contribution in [3.63, 3.8) is 0 Å². The van der Waals surface area contributed by atoms with E-state index in [-0.39, 0.29) is 6.10 Å². The van der Waals surface area contributed by atoms with Gasteiger partial charge in [-0.25, -0.2) is 4.98 Å². The quantitative estimate of drug-likeness (QED) is 0.852. The first-order valence-corrected chi connectivity index (χ1v) is 7.86. The van der Waals surface area contributed by atoms with Crippen molar-refractivity contribution in [3.8, 4) is 0 Å². The van der Waals surface area contributed by atoms with E-state index in [0.29, 0.717) is 10.6 Å². The van der Waals surface area contributed by atoms with Crippen LogP contribution in [0.2, 0.25) is 0 Å². The number of morpholine rings is 1. The average molecular weight is 346 g/mol. The fraction of sp³-hybridized carbons (Fsp3) is 0.692. The summed E-state index contributed by atoms with van der Waals surface area (Å²) >= 11 is 8.84. The van der Waals surface area contributed by atoms with Crippen molar-refractivity contribution < 1.29 is 4.74 Å². The molecule has 0 bridgehead atoms. The van der Waals surface area contributed by atoms with Crippen molar-refractivity contribution in [1.29, 1.82) is 0 Å². The van der Waals surface area contributed by atoms with Gasteiger partial charge in [-0.15, -0.1) is 0 Å². The Balaban J connectivity index is 2.32. The molecule has 106 valence electrons. The Morgan fingerprint density at radius 3 is 2.95 bits per heavy atom. The number of halogens is 1. The molecule has 1 N–H and O–H groups in total. The van der Waals surface area contributed by atoms with Crippen LogP contribution in [0.4, 0.5) is 0 Å². The highest BCUT2D eigenvalue weighted by atomic mass is 79.9. The van der Waals surface area contributed by atoms with Crippen LogP contribution in [0.3, 0.4) is 0 Å². The lowest BCUT2D eigenvalue weighted by Gasteiger charge is -2.31. The van der Waals surface area contributed by atoms with Gasteiger partial charge in [0, 0.05) is 18.8 Å². The third-order valence-electron chi connectivity index (χ3n) is 3.39. The lowest BCUT2D eigenvalue weighted by molar-refractivity contribution is -0.0327. The van der Waals surface area contributed by atoms with Gasteiger partial charge in [0.25, 0.3) is 0 Å². The number of aromatic nitrogens is 2. The number of rotatable bonds is 3. The molecule has 2 rings (SSSR count). The van der Waals surface area contributed by atoms with Gasteiger partial charge in [-0.2, -0.15) is 0 Å². The second kappa shape index (κ2) is 6.43. The summed E-state index contributed by atoms with van der Waals surface area (Å²) in [5.41, 5.74) is 1.09. The van der Waals surface area contributed by atoms with E-state index in [1.165, 1.54) is 0 Å². The maximum atomic E-state index is 5.83. The van der Waals surface area contributed by atoms with Gasteiger partial charge in [-0.05, 0) is 28.4 Å². The first-order chi connectivity index (χ1) is 9.02. The predicted molar refractivity (Wildman–Crippen MR) is 82.0 cm³/mol. The second-order valence-electron chi connectivity index (χ2n) is 5.06. The molecule has 0 radical (unpaired) electrons. The van der Waals surface area contributed by atoms with Crippen LogP contribution in [-0.2, 0) is 4.74 Å². The van der Waals surface area contributed by atoms with Crippen LogP contribution in [-0.4, -0.2) is 41.1 Å². The fourth-order valence-corrected chi connectivity index (χ4v) is 3.05. The van der Waals surface area contributed by atoms with E-state index in [1.807, 2.05) is 0 Å². The lowest BCUT2D eigenvalue weighted by Crippen LogP contribution is -2.38. The van der Waals surface area contributed by atoms with Crippen LogP contribution >= 0.6 is 28.1 Å². The van der Waals surface area contributed by atoms with Crippen molar-refractivity contribution in [2.24, 2.45) is 0 Å². The number of nitrogens with zero attached hydrogens (tertiary/aromatic N) is 2. The molecule has 0 amide bonds. The van der Waals surface area contributed by atoms with Gasteiger partial charge in [-0.1, -0.05) is 33.0 Å². The zero-order valence-electron chi connectivity index (χ0n) is 11.6. The number of ether oxygens (including phenoxy) is 1. The van der Waals surface area contributed by atoms with Crippen molar-refractivity contribution in [2.75, 3.05) is 26.2 Å². The summed E-state index contributed by atoms with van der Waals surface area (Å²) in [5, 5.41) is 0. The third-order valence-corrected chi connectivity index (χ3v) is 4.75. The van der Waals surface area contributed by atoms with Gasteiger partial charge >= 0.3 is 0 Å². The van der Waals surface area contributed by atoms with Gasteiger partial charge < -0.3 is 9.72 Å². The molecular formula is C13H20BrN3OS. The van der Waals surface area contributed by atoms with Crippen molar-refractivity contribution in [2.45, 2.75) is 32.8 Å². The molecular weight excluding hydrogens is 326 g/mol. The van der Waals surface area contributed by atoms with Crippen LogP contribution in [0.1, 0.15) is 44.3 Å². The minimum atomic E-state index is -0.0130. The molecule has 2 heterocycles. The zero-order valence-corrected chi connectivity index (χ0v) is 14.0. The normalized spacial score (nSPS) is 21.0. The van der Waals surface area contributed by atoms with Crippen molar-refractivity contribution in [1.82, 2.24) is 14.9 Å². The van der Waals surface area contributed by atoms with Gasteiger partial charge in [0.1, 0.15) is 16.6 Å². The topological polar surface area (TPSA) is 41.1 Å². The fourth-order valence-electron chi connectivity index (χ4n) is 2.20. The summed E-state index contributed by atoms with van der Waals surface area (Å²) < 4.78 is 7.33. The first kappa shape index (κ1) is 15.1. The van der Waals surface area contributed by atoms with Gasteiger partial charge in [0.2, 0.25) is 0 Å². The molecule has 6 heteroatoms. The largest absolute Gasteiger partial charge is 0.368 e. The summed E-state index contributed by atoms with van der Waals surface area (Å²) in [4.78, 5) is 10.2. The average Bonchev–Trinajstić information content (AvgIpc) is 2.41. The molecule has 0 aliphatic carbocycles. The number of likely N-dealkylation sites (N-methyl/N-ethyl adjacent to an activating group) is 1. The minimum Gasteiger partial charge on any atom is -0.368 e. The molecule has 1 unspecified atom stereocenters. The van der Waals surface area contributed by atoms with Crippen molar-refractivity contribution >= 4 is 28.1 Å². The Bertz CT molecular complexity index is 503. The highest BCUT2D eigenvalue weighted by molar-refractivity contribution is 9.10. The molecule has 4 nitrogen and oxygen atoms in total. The first-order valence-electron chi connectivity index (χ1n) is 6.66. The van der Waals surface area contributed by atoms with Gasteiger partial charge in [-0.3, -0.25) is 4.90 Å². The standard InChI is InChI=1S/C13H20BrN3OS/c1-4-17-5-6-18-9(7-17)12-15-11(8(2)3)10(14)13(19)16-12/h8-9H,4-7H2,1-3H3,(H,15,16,19). The maximum absolute atomic E-state index is 5.83. The van der Waals surface area contributed by atoms with E-state index in [2.05, 4.69) is 51.6 Å². The van der Waals surface area contributed by atoms with Gasteiger partial charge in [0.15, 0.2) is 0 Å². The second-order valence-corrected chi connectivity index (χ2v) is 6.24. The van der Waals surface area contributed by atoms with Crippen LogP contribution in [0.25, 0.3) is 0 Å². The lowest BCUT2D eigenvalue weighted by atomic mass is 10.1. The Labute approximate surface area is 127 Å². The van der Waals surface area contributed by atoms with E-state index in [1.54, 1.807) is 0 Å². The number of hydrogen-bond donors (Lipinski definition) is 1. The van der Waals surface area contributed by atoms with Gasteiger partial charge in [0.05, 0.1) is 11.1 Å². The van der Waals surface area contributed by atoms with E-state index < -0.39 is 0 Å². The summed E-state index contributed by atoms with van der Waals surface area (Å²) in [6.07, 6.45) is -0.0130. The summed E-state index contributed by atoms with van der Waals surface area (Å²) in [6, 6.07) is 0. The Morgan fingerprint density at radius 2 is 2.32 bits per heavy atom. The zero-order chi connectivity index (χ0) is 14.0. The Morgan fingerprint density at radius 1 is 1.58 bits per heavy atom. The molecule has 1 aliphatic heterocycles. The SMILES string of the molecule is CCN1CCOC(c2nc(=S)c(Br)c(C(C)C)[nH]2)C1. The molecule has 1 aliphatic rings. The molecule has 1 saturated heterocycles. The summed E-state index contributed by atoms with van der Waals surface area (Å²) in [5.74, 6) is 1.21. The minimum absolute atomic E-state index is 0.0130. The van der Waals surface area contributed by atoms with E-state index in [4.69, 9.17) is 17.0 Å². The molecule has 0 aromatic carbocycles. The number of H-pyrrole nitrogens is 1. The molecule has 0 saturated carbocycles. The molecule has 1 aromatic rings. The molecule has 0 spiro atoms. The van der Waals surface area contributed by atoms with Crippen LogP contribution in [0.5, 0.6) is 0 Å². The van der Waals surface area contributed by atoms with E-state index in [0.717, 1.165) is 42.2 Å². The number of aromatic amines is 1. The molecule has 1 aromatic heterocycles. The monoisotopic (exact) mass is 345 g/mol. The smallest absolute Gasteiger partial charge is 0.144 e. The van der Waals surface area contributed by atoms with E-state index >= 15 is 0 Å². The Hall–Kier alpha value is -0.300. The number of nitrogens with one attached hydrogen (secondary N) is 1. The van der Waals surface area contributed by atoms with Crippen LogP contribution < -0.4 is 0 Å². The highest BCUT2D eigenvalue weighted by Crippen LogP contribution is 2.26. The van der Waals surface area contributed by atoms with Crippen LogP contribution in [0.15, 0.2) is 4.47 Å². The van der Waals surface area contributed by atoms with Crippen molar-refractivity contribution in [3.05, 3.63) is 20.6 Å². The molecule has 1 fully saturated rings.